The van der Waals surface area contributed by atoms with E-state index >= 15 is 0 Å². The molecule has 1 unspecified atom stereocenters. The fourth-order valence-corrected chi connectivity index (χ4v) is 1.94. The Morgan fingerprint density at radius 3 is 2.94 bits per heavy atom. The zero-order valence-corrected chi connectivity index (χ0v) is 10.0. The molecule has 0 radical (unpaired) electrons. The lowest BCUT2D eigenvalue weighted by Crippen LogP contribution is -2.33. The summed E-state index contributed by atoms with van der Waals surface area (Å²) in [4.78, 5) is 0. The van der Waals surface area contributed by atoms with Crippen molar-refractivity contribution in [1.29, 1.82) is 0 Å². The summed E-state index contributed by atoms with van der Waals surface area (Å²) in [5.74, 6) is -0.203. The smallest absolute Gasteiger partial charge is 0.423 e. The number of benzene rings is 1. The molecule has 0 aliphatic carbocycles. The lowest BCUT2D eigenvalue weighted by molar-refractivity contribution is 0.0791. The Labute approximate surface area is 105 Å². The van der Waals surface area contributed by atoms with Crippen molar-refractivity contribution in [1.82, 2.24) is 0 Å². The standard InChI is InChI=1S/C12H16BFO4/c14-12-2-1-9(5-11(12)13(15)16)6-18-8-10-3-4-17-7-10/h1-2,5,10,15-16H,3-4,6-8H2. The maximum atomic E-state index is 13.2. The fraction of sp³-hybridized carbons (Fsp3) is 0.500. The summed E-state index contributed by atoms with van der Waals surface area (Å²) in [6.07, 6.45) is 1.00. The highest BCUT2D eigenvalue weighted by molar-refractivity contribution is 6.58. The maximum absolute atomic E-state index is 13.2. The van der Waals surface area contributed by atoms with E-state index in [9.17, 15) is 4.39 Å². The molecule has 0 aromatic heterocycles. The van der Waals surface area contributed by atoms with Crippen LogP contribution in [0.25, 0.3) is 0 Å². The van der Waals surface area contributed by atoms with Gasteiger partial charge in [0.25, 0.3) is 0 Å². The first-order valence-electron chi connectivity index (χ1n) is 5.97. The van der Waals surface area contributed by atoms with Crippen LogP contribution in [0, 0.1) is 11.7 Å². The molecule has 18 heavy (non-hydrogen) atoms. The highest BCUT2D eigenvalue weighted by Crippen LogP contribution is 2.13. The Hall–Kier alpha value is -0.945. The maximum Gasteiger partial charge on any atom is 0.491 e. The molecule has 0 bridgehead atoms. The van der Waals surface area contributed by atoms with Gasteiger partial charge in [-0.15, -0.1) is 0 Å². The molecule has 1 fully saturated rings. The number of hydrogen-bond acceptors (Lipinski definition) is 4. The van der Waals surface area contributed by atoms with Crippen molar-refractivity contribution < 1.29 is 23.9 Å². The van der Waals surface area contributed by atoms with E-state index in [0.717, 1.165) is 25.2 Å². The summed E-state index contributed by atoms with van der Waals surface area (Å²) in [6.45, 7) is 2.44. The second kappa shape index (κ2) is 6.29. The van der Waals surface area contributed by atoms with Gasteiger partial charge < -0.3 is 19.5 Å². The van der Waals surface area contributed by atoms with Gasteiger partial charge >= 0.3 is 7.12 Å². The Morgan fingerprint density at radius 2 is 2.28 bits per heavy atom. The third-order valence-corrected chi connectivity index (χ3v) is 2.98. The molecule has 98 valence electrons. The third-order valence-electron chi connectivity index (χ3n) is 2.98. The van der Waals surface area contributed by atoms with Crippen molar-refractivity contribution in [2.45, 2.75) is 13.0 Å². The summed E-state index contributed by atoms with van der Waals surface area (Å²) in [7, 11) is -1.80. The average Bonchev–Trinajstić information content (AvgIpc) is 2.84. The van der Waals surface area contributed by atoms with Gasteiger partial charge in [-0.3, -0.25) is 0 Å². The van der Waals surface area contributed by atoms with Gasteiger partial charge in [0.2, 0.25) is 0 Å². The van der Waals surface area contributed by atoms with Gasteiger partial charge in [-0.25, -0.2) is 4.39 Å². The molecule has 1 saturated heterocycles. The average molecular weight is 254 g/mol. The van der Waals surface area contributed by atoms with Gasteiger partial charge in [-0.05, 0) is 18.1 Å². The van der Waals surface area contributed by atoms with Gasteiger partial charge in [0.15, 0.2) is 0 Å². The van der Waals surface area contributed by atoms with Crippen LogP contribution in [-0.4, -0.2) is 37.0 Å². The van der Waals surface area contributed by atoms with Gasteiger partial charge in [0.1, 0.15) is 5.82 Å². The summed E-state index contributed by atoms with van der Waals surface area (Å²) in [5.41, 5.74) is 0.596. The Morgan fingerprint density at radius 1 is 1.44 bits per heavy atom. The molecule has 1 atom stereocenters. The van der Waals surface area contributed by atoms with Gasteiger partial charge in [-0.2, -0.15) is 0 Å². The van der Waals surface area contributed by atoms with Crippen molar-refractivity contribution >= 4 is 12.6 Å². The van der Waals surface area contributed by atoms with Crippen LogP contribution in [0.4, 0.5) is 4.39 Å². The summed E-state index contributed by atoms with van der Waals surface area (Å²) >= 11 is 0. The molecule has 4 nitrogen and oxygen atoms in total. The quantitative estimate of drug-likeness (QED) is 0.729. The van der Waals surface area contributed by atoms with Crippen LogP contribution in [0.2, 0.25) is 0 Å². The predicted molar refractivity (Wildman–Crippen MR) is 64.8 cm³/mol. The molecule has 2 N–H and O–H groups in total. The largest absolute Gasteiger partial charge is 0.491 e. The van der Waals surface area contributed by atoms with Crippen LogP contribution < -0.4 is 5.46 Å². The molecule has 1 aliphatic rings. The van der Waals surface area contributed by atoms with Crippen molar-refractivity contribution in [2.24, 2.45) is 5.92 Å². The second-order valence-electron chi connectivity index (χ2n) is 4.47. The normalized spacial score (nSPS) is 19.2. The number of halogens is 1. The molecule has 1 aliphatic heterocycles. The Bertz CT molecular complexity index is 394. The first-order valence-corrected chi connectivity index (χ1v) is 5.97. The van der Waals surface area contributed by atoms with E-state index in [0.29, 0.717) is 19.1 Å². The number of ether oxygens (including phenoxy) is 2. The van der Waals surface area contributed by atoms with E-state index < -0.39 is 12.9 Å². The van der Waals surface area contributed by atoms with Gasteiger partial charge in [0, 0.05) is 18.0 Å². The fourth-order valence-electron chi connectivity index (χ4n) is 1.94. The molecule has 6 heteroatoms. The highest BCUT2D eigenvalue weighted by Gasteiger charge is 2.18. The molecular weight excluding hydrogens is 238 g/mol. The molecule has 1 aromatic carbocycles. The summed E-state index contributed by atoms with van der Waals surface area (Å²) in [6, 6.07) is 4.20. The second-order valence-corrected chi connectivity index (χ2v) is 4.47. The van der Waals surface area contributed by atoms with E-state index in [2.05, 4.69) is 0 Å². The van der Waals surface area contributed by atoms with Crippen molar-refractivity contribution in [3.05, 3.63) is 29.6 Å². The minimum atomic E-state index is -1.80. The lowest BCUT2D eigenvalue weighted by Gasteiger charge is -2.10. The van der Waals surface area contributed by atoms with E-state index in [1.807, 2.05) is 0 Å². The van der Waals surface area contributed by atoms with Crippen LogP contribution in [0.15, 0.2) is 18.2 Å². The van der Waals surface area contributed by atoms with Crippen molar-refractivity contribution in [2.75, 3.05) is 19.8 Å². The van der Waals surface area contributed by atoms with Crippen LogP contribution in [0.3, 0.4) is 0 Å². The van der Waals surface area contributed by atoms with Crippen LogP contribution in [0.1, 0.15) is 12.0 Å². The Kier molecular flexibility index (Phi) is 4.71. The summed E-state index contributed by atoms with van der Waals surface area (Å²) < 4.78 is 24.0. The SMILES string of the molecule is OB(O)c1cc(COCC2CCOC2)ccc1F. The van der Waals surface area contributed by atoms with E-state index in [1.165, 1.54) is 12.1 Å². The van der Waals surface area contributed by atoms with Crippen LogP contribution in [0.5, 0.6) is 0 Å². The molecule has 1 aromatic rings. The van der Waals surface area contributed by atoms with Crippen LogP contribution >= 0.6 is 0 Å². The molecular formula is C12H16BFO4. The first-order chi connectivity index (χ1) is 8.66. The molecule has 0 amide bonds. The van der Waals surface area contributed by atoms with Gasteiger partial charge in [0.05, 0.1) is 19.8 Å². The third kappa shape index (κ3) is 3.52. The zero-order chi connectivity index (χ0) is 13.0. The van der Waals surface area contributed by atoms with E-state index in [-0.39, 0.29) is 5.46 Å². The van der Waals surface area contributed by atoms with E-state index in [4.69, 9.17) is 19.5 Å². The predicted octanol–water partition coefficient (Wildman–Crippen LogP) is 0.0586. The molecule has 0 saturated carbocycles. The summed E-state index contributed by atoms with van der Waals surface area (Å²) in [5, 5.41) is 18.0. The van der Waals surface area contributed by atoms with Crippen molar-refractivity contribution in [3.8, 4) is 0 Å². The minimum Gasteiger partial charge on any atom is -0.423 e. The van der Waals surface area contributed by atoms with Gasteiger partial charge in [-0.1, -0.05) is 12.1 Å². The Balaban J connectivity index is 1.86. The van der Waals surface area contributed by atoms with Crippen molar-refractivity contribution in [3.63, 3.8) is 0 Å². The first kappa shape index (κ1) is 13.5. The number of hydrogen-bond donors (Lipinski definition) is 2. The molecule has 2 rings (SSSR count). The van der Waals surface area contributed by atoms with Crippen LogP contribution in [-0.2, 0) is 16.1 Å². The molecule has 0 spiro atoms. The lowest BCUT2D eigenvalue weighted by atomic mass is 9.79. The number of rotatable bonds is 5. The topological polar surface area (TPSA) is 58.9 Å². The molecule has 1 heterocycles. The minimum absolute atomic E-state index is 0.125. The van der Waals surface area contributed by atoms with E-state index in [1.54, 1.807) is 6.07 Å². The highest BCUT2D eigenvalue weighted by atomic mass is 19.1. The zero-order valence-electron chi connectivity index (χ0n) is 10.0. The monoisotopic (exact) mass is 254 g/mol.